The van der Waals surface area contributed by atoms with Crippen LogP contribution in [0.3, 0.4) is 0 Å². The average molecular weight is 441 g/mol. The highest BCUT2D eigenvalue weighted by molar-refractivity contribution is 8.01. The van der Waals surface area contributed by atoms with Crippen LogP contribution < -0.4 is 15.5 Å². The van der Waals surface area contributed by atoms with E-state index < -0.39 is 5.25 Å². The third-order valence-corrected chi connectivity index (χ3v) is 7.37. The number of ether oxygens (including phenoxy) is 1. The lowest BCUT2D eigenvalue weighted by Gasteiger charge is -2.25. The van der Waals surface area contributed by atoms with Crippen molar-refractivity contribution in [2.45, 2.75) is 16.6 Å². The molecule has 1 aromatic heterocycles. The summed E-state index contributed by atoms with van der Waals surface area (Å²) in [6, 6.07) is 13.3. The molecule has 30 heavy (non-hydrogen) atoms. The number of thioether (sulfide) groups is 1. The lowest BCUT2D eigenvalue weighted by Crippen LogP contribution is -2.36. The highest BCUT2D eigenvalue weighted by Crippen LogP contribution is 2.37. The van der Waals surface area contributed by atoms with Gasteiger partial charge in [-0.25, -0.2) is 4.98 Å². The van der Waals surface area contributed by atoms with Crippen molar-refractivity contribution < 1.29 is 14.3 Å². The van der Waals surface area contributed by atoms with Crippen LogP contribution in [0.15, 0.2) is 47.4 Å². The molecule has 7 nitrogen and oxygen atoms in total. The van der Waals surface area contributed by atoms with Gasteiger partial charge < -0.3 is 20.3 Å². The monoisotopic (exact) mass is 440 g/mol. The second-order valence-electron chi connectivity index (χ2n) is 7.12. The van der Waals surface area contributed by atoms with Gasteiger partial charge in [0, 0.05) is 30.1 Å². The number of anilines is 3. The standard InChI is InChI=1S/C21H20N4O3S2/c26-19(12-18-20(27)23-14-3-1-2-4-16(14)29-18)22-13-5-6-15-17(11-13)30-21(24-15)25-7-9-28-10-8-25/h1-6,11,18H,7-10,12H2,(H,22,26)(H,23,27). The highest BCUT2D eigenvalue weighted by atomic mass is 32.2. The largest absolute Gasteiger partial charge is 0.378 e. The van der Waals surface area contributed by atoms with E-state index >= 15 is 0 Å². The Morgan fingerprint density at radius 3 is 2.93 bits per heavy atom. The maximum Gasteiger partial charge on any atom is 0.238 e. The van der Waals surface area contributed by atoms with E-state index in [1.165, 1.54) is 11.8 Å². The Hall–Kier alpha value is -2.62. The molecule has 1 saturated heterocycles. The number of para-hydroxylation sites is 1. The minimum absolute atomic E-state index is 0.116. The zero-order valence-electron chi connectivity index (χ0n) is 16.1. The van der Waals surface area contributed by atoms with E-state index in [1.807, 2.05) is 42.5 Å². The minimum Gasteiger partial charge on any atom is -0.378 e. The van der Waals surface area contributed by atoms with E-state index in [4.69, 9.17) is 9.72 Å². The number of hydrogen-bond donors (Lipinski definition) is 2. The molecule has 2 aromatic carbocycles. The van der Waals surface area contributed by atoms with Crippen molar-refractivity contribution in [2.75, 3.05) is 41.8 Å². The van der Waals surface area contributed by atoms with Gasteiger partial charge in [-0.1, -0.05) is 23.5 Å². The van der Waals surface area contributed by atoms with Crippen LogP contribution in [-0.4, -0.2) is 48.4 Å². The summed E-state index contributed by atoms with van der Waals surface area (Å²) in [7, 11) is 0. The lowest BCUT2D eigenvalue weighted by molar-refractivity contribution is -0.120. The van der Waals surface area contributed by atoms with Crippen molar-refractivity contribution >= 4 is 61.6 Å². The molecule has 154 valence electrons. The molecule has 0 aliphatic carbocycles. The van der Waals surface area contributed by atoms with E-state index in [1.54, 1.807) is 11.3 Å². The Kier molecular flexibility index (Phi) is 5.32. The molecule has 1 unspecified atom stereocenters. The van der Waals surface area contributed by atoms with Gasteiger partial charge in [0.2, 0.25) is 11.8 Å². The van der Waals surface area contributed by atoms with Gasteiger partial charge >= 0.3 is 0 Å². The van der Waals surface area contributed by atoms with Crippen LogP contribution in [0, 0.1) is 0 Å². The fourth-order valence-electron chi connectivity index (χ4n) is 3.49. The van der Waals surface area contributed by atoms with Crippen molar-refractivity contribution in [3.05, 3.63) is 42.5 Å². The van der Waals surface area contributed by atoms with Crippen molar-refractivity contribution in [3.8, 4) is 0 Å². The molecule has 3 heterocycles. The van der Waals surface area contributed by atoms with Gasteiger partial charge in [-0.2, -0.15) is 0 Å². The number of benzene rings is 2. The zero-order chi connectivity index (χ0) is 20.5. The second kappa shape index (κ2) is 8.25. The van der Waals surface area contributed by atoms with Crippen molar-refractivity contribution in [2.24, 2.45) is 0 Å². The Balaban J connectivity index is 1.26. The van der Waals surface area contributed by atoms with Crippen LogP contribution in [0.2, 0.25) is 0 Å². The molecule has 0 spiro atoms. The van der Waals surface area contributed by atoms with Crippen LogP contribution in [0.25, 0.3) is 10.2 Å². The summed E-state index contributed by atoms with van der Waals surface area (Å²) in [5, 5.41) is 6.34. The van der Waals surface area contributed by atoms with Gasteiger partial charge in [0.05, 0.1) is 34.4 Å². The number of hydrogen-bond acceptors (Lipinski definition) is 7. The fraction of sp³-hybridized carbons (Fsp3) is 0.286. The fourth-order valence-corrected chi connectivity index (χ4v) is 5.65. The summed E-state index contributed by atoms with van der Waals surface area (Å²) in [6.45, 7) is 3.12. The van der Waals surface area contributed by atoms with Crippen LogP contribution in [0.1, 0.15) is 6.42 Å². The highest BCUT2D eigenvalue weighted by Gasteiger charge is 2.28. The van der Waals surface area contributed by atoms with Crippen LogP contribution in [0.5, 0.6) is 0 Å². The minimum atomic E-state index is -0.444. The average Bonchev–Trinajstić information content (AvgIpc) is 3.18. The molecule has 2 N–H and O–H groups in total. The van der Waals surface area contributed by atoms with Crippen molar-refractivity contribution in [1.29, 1.82) is 0 Å². The number of nitrogens with zero attached hydrogens (tertiary/aromatic N) is 2. The summed E-state index contributed by atoms with van der Waals surface area (Å²) in [5.41, 5.74) is 2.43. The number of amides is 2. The predicted molar refractivity (Wildman–Crippen MR) is 121 cm³/mol. The van der Waals surface area contributed by atoms with Crippen LogP contribution >= 0.6 is 23.1 Å². The number of carbonyl (C=O) groups excluding carboxylic acids is 2. The molecule has 2 amide bonds. The first-order chi connectivity index (χ1) is 14.7. The van der Waals surface area contributed by atoms with Gasteiger partial charge in [-0.05, 0) is 30.3 Å². The van der Waals surface area contributed by atoms with Crippen LogP contribution in [-0.2, 0) is 14.3 Å². The van der Waals surface area contributed by atoms with Crippen LogP contribution in [0.4, 0.5) is 16.5 Å². The van der Waals surface area contributed by atoms with E-state index in [0.717, 1.165) is 39.0 Å². The molecule has 0 bridgehead atoms. The summed E-state index contributed by atoms with van der Waals surface area (Å²) in [6.07, 6.45) is 0.116. The van der Waals surface area contributed by atoms with Gasteiger partial charge in [-0.3, -0.25) is 9.59 Å². The zero-order valence-corrected chi connectivity index (χ0v) is 17.7. The first kappa shape index (κ1) is 19.3. The molecular weight excluding hydrogens is 420 g/mol. The second-order valence-corrected chi connectivity index (χ2v) is 9.38. The van der Waals surface area contributed by atoms with E-state index in [9.17, 15) is 9.59 Å². The van der Waals surface area contributed by atoms with Crippen molar-refractivity contribution in [3.63, 3.8) is 0 Å². The van der Waals surface area contributed by atoms with E-state index in [2.05, 4.69) is 15.5 Å². The smallest absolute Gasteiger partial charge is 0.238 e. The Morgan fingerprint density at radius 1 is 1.23 bits per heavy atom. The molecular formula is C21H20N4O3S2. The Morgan fingerprint density at radius 2 is 2.07 bits per heavy atom. The molecule has 2 aliphatic heterocycles. The normalized spacial score (nSPS) is 18.7. The lowest BCUT2D eigenvalue weighted by atomic mass is 10.2. The summed E-state index contributed by atoms with van der Waals surface area (Å²) in [4.78, 5) is 32.8. The molecule has 9 heteroatoms. The number of nitrogens with one attached hydrogen (secondary N) is 2. The van der Waals surface area contributed by atoms with Crippen molar-refractivity contribution in [1.82, 2.24) is 4.98 Å². The van der Waals surface area contributed by atoms with Gasteiger partial charge in [0.15, 0.2) is 5.13 Å². The predicted octanol–water partition coefficient (Wildman–Crippen LogP) is 3.57. The van der Waals surface area contributed by atoms with Gasteiger partial charge in [0.1, 0.15) is 0 Å². The van der Waals surface area contributed by atoms with E-state index in [0.29, 0.717) is 18.9 Å². The number of rotatable bonds is 4. The maximum absolute atomic E-state index is 12.6. The molecule has 1 fully saturated rings. The number of aromatic nitrogens is 1. The molecule has 2 aliphatic rings. The first-order valence-corrected chi connectivity index (χ1v) is 11.4. The number of thiazole rings is 1. The summed E-state index contributed by atoms with van der Waals surface area (Å²) >= 11 is 3.04. The molecule has 0 saturated carbocycles. The number of morpholine rings is 1. The molecule has 0 radical (unpaired) electrons. The van der Waals surface area contributed by atoms with Gasteiger partial charge in [-0.15, -0.1) is 11.8 Å². The Bertz CT molecular complexity index is 1110. The molecule has 5 rings (SSSR count). The quantitative estimate of drug-likeness (QED) is 0.645. The number of carbonyl (C=O) groups is 2. The SMILES string of the molecule is O=C(CC1Sc2ccccc2NC1=O)Nc1ccc2nc(N3CCOCC3)sc2c1. The number of fused-ring (bicyclic) bond motifs is 2. The molecule has 3 aromatic rings. The van der Waals surface area contributed by atoms with E-state index in [-0.39, 0.29) is 18.2 Å². The maximum atomic E-state index is 12.6. The topological polar surface area (TPSA) is 83.6 Å². The molecule has 1 atom stereocenters. The Labute approximate surface area is 181 Å². The summed E-state index contributed by atoms with van der Waals surface area (Å²) < 4.78 is 6.43. The third kappa shape index (κ3) is 4.00. The third-order valence-electron chi connectivity index (χ3n) is 5.02. The first-order valence-electron chi connectivity index (χ1n) is 9.75. The summed E-state index contributed by atoms with van der Waals surface area (Å²) in [5.74, 6) is -0.318. The van der Waals surface area contributed by atoms with Gasteiger partial charge in [0.25, 0.3) is 0 Å².